The van der Waals surface area contributed by atoms with Crippen LogP contribution in [0, 0.1) is 0 Å². The number of benzene rings is 1. The first-order valence-corrected chi connectivity index (χ1v) is 22.1. The van der Waals surface area contributed by atoms with E-state index in [1.807, 2.05) is 59.3 Å². The van der Waals surface area contributed by atoms with Gasteiger partial charge in [0.1, 0.15) is 30.8 Å². The van der Waals surface area contributed by atoms with Crippen LogP contribution >= 0.6 is 0 Å². The third kappa shape index (κ3) is 11.0. The number of fused-ring (bicyclic) bond motifs is 1. The van der Waals surface area contributed by atoms with Crippen LogP contribution in [0.1, 0.15) is 44.9 Å². The number of aromatic nitrogens is 4. The maximum absolute atomic E-state index is 12.9. The summed E-state index contributed by atoms with van der Waals surface area (Å²) in [5.74, 6) is -0.549. The summed E-state index contributed by atoms with van der Waals surface area (Å²) in [5.41, 5.74) is 3.14. The minimum Gasteiger partial charge on any atom is -0.480 e. The average molecular weight is 760 g/mol. The molecule has 54 heavy (non-hydrogen) atoms. The number of anilines is 1. The standard InChI is InChI=1S/C39H53N7O7Si/c1-39(2,3)53-38(50)45-24-28(23-32(45)36(47)48)41-33-17-11-15-30(42-33)29-18-19-40-35-34(29)31(46(43-35)26-51-21-22-54(5,6)7)16-12-20-44(4)37(49)52-25-27-13-9-8-10-14-27/h8-11,13-15,17-19,28,32H,12,16,20-26H2,1-7H3,(H,41,42)(H,47,48)/t28-,32-/m0/s1. The Morgan fingerprint density at radius 1 is 1.06 bits per heavy atom. The number of pyridine rings is 2. The Bertz CT molecular complexity index is 1910. The Labute approximate surface area is 317 Å². The van der Waals surface area contributed by atoms with E-state index < -0.39 is 37.9 Å². The molecule has 1 aliphatic heterocycles. The molecular weight excluding hydrogens is 707 g/mol. The molecule has 0 bridgehead atoms. The number of rotatable bonds is 15. The molecule has 290 valence electrons. The minimum absolute atomic E-state index is 0.153. The van der Waals surface area contributed by atoms with Crippen molar-refractivity contribution in [2.24, 2.45) is 0 Å². The van der Waals surface area contributed by atoms with Gasteiger partial charge in [-0.15, -0.1) is 5.10 Å². The van der Waals surface area contributed by atoms with Crippen LogP contribution in [0.25, 0.3) is 22.3 Å². The second-order valence-corrected chi connectivity index (χ2v) is 21.5. The van der Waals surface area contributed by atoms with Gasteiger partial charge in [-0.3, -0.25) is 4.90 Å². The Morgan fingerprint density at radius 3 is 2.52 bits per heavy atom. The molecule has 14 nitrogen and oxygen atoms in total. The topological polar surface area (TPSA) is 161 Å². The fraction of sp³-hybridized carbons (Fsp3) is 0.487. The van der Waals surface area contributed by atoms with Crippen LogP contribution in [0.15, 0.2) is 60.8 Å². The molecule has 0 aliphatic carbocycles. The molecule has 1 saturated heterocycles. The molecule has 4 heterocycles. The van der Waals surface area contributed by atoms with Gasteiger partial charge in [0.2, 0.25) is 0 Å². The number of hydrogen-bond acceptors (Lipinski definition) is 10. The first-order valence-electron chi connectivity index (χ1n) is 18.4. The number of carboxylic acids is 1. The molecule has 2 atom stereocenters. The van der Waals surface area contributed by atoms with Crippen molar-refractivity contribution < 1.29 is 33.7 Å². The lowest BCUT2D eigenvalue weighted by Gasteiger charge is -2.26. The third-order valence-electron chi connectivity index (χ3n) is 8.97. The summed E-state index contributed by atoms with van der Waals surface area (Å²) in [6, 6.07) is 16.7. The Hall–Kier alpha value is -5.02. The highest BCUT2D eigenvalue weighted by Gasteiger charge is 2.41. The van der Waals surface area contributed by atoms with E-state index in [0.29, 0.717) is 43.2 Å². The molecular formula is C39H53N7O7Si. The normalized spacial score (nSPS) is 16.0. The summed E-state index contributed by atoms with van der Waals surface area (Å²) in [6.07, 6.45) is 2.06. The van der Waals surface area contributed by atoms with E-state index in [1.54, 1.807) is 38.9 Å². The van der Waals surface area contributed by atoms with Crippen molar-refractivity contribution in [3.8, 4) is 11.3 Å². The first kappa shape index (κ1) is 40.2. The lowest BCUT2D eigenvalue weighted by atomic mass is 10.0. The number of nitrogens with zero attached hydrogens (tertiary/aromatic N) is 6. The molecule has 2 amide bonds. The number of aliphatic carboxylic acids is 1. The highest BCUT2D eigenvalue weighted by molar-refractivity contribution is 6.76. The molecule has 0 saturated carbocycles. The molecule has 1 aromatic carbocycles. The van der Waals surface area contributed by atoms with E-state index in [9.17, 15) is 19.5 Å². The van der Waals surface area contributed by atoms with E-state index in [-0.39, 0.29) is 32.3 Å². The van der Waals surface area contributed by atoms with Gasteiger partial charge >= 0.3 is 18.2 Å². The number of nitrogens with one attached hydrogen (secondary N) is 1. The van der Waals surface area contributed by atoms with Crippen molar-refractivity contribution in [2.45, 2.75) is 96.7 Å². The number of hydrogen-bond donors (Lipinski definition) is 2. The third-order valence-corrected chi connectivity index (χ3v) is 10.7. The fourth-order valence-corrected chi connectivity index (χ4v) is 6.95. The number of carbonyl (C=O) groups excluding carboxylic acids is 2. The van der Waals surface area contributed by atoms with E-state index in [0.717, 1.165) is 28.3 Å². The summed E-state index contributed by atoms with van der Waals surface area (Å²) >= 11 is 0. The largest absolute Gasteiger partial charge is 0.480 e. The molecule has 2 N–H and O–H groups in total. The second kappa shape index (κ2) is 17.4. The smallest absolute Gasteiger partial charge is 0.411 e. The monoisotopic (exact) mass is 759 g/mol. The molecule has 15 heteroatoms. The molecule has 1 fully saturated rings. The highest BCUT2D eigenvalue weighted by atomic mass is 28.3. The highest BCUT2D eigenvalue weighted by Crippen LogP contribution is 2.31. The second-order valence-electron chi connectivity index (χ2n) is 15.9. The predicted molar refractivity (Wildman–Crippen MR) is 209 cm³/mol. The molecule has 0 unspecified atom stereocenters. The van der Waals surface area contributed by atoms with Gasteiger partial charge in [0.05, 0.1) is 16.8 Å². The van der Waals surface area contributed by atoms with Crippen molar-refractivity contribution in [1.29, 1.82) is 0 Å². The summed E-state index contributed by atoms with van der Waals surface area (Å²) in [5, 5.41) is 18.9. The quantitative estimate of drug-likeness (QED) is 0.0960. The van der Waals surface area contributed by atoms with Gasteiger partial charge in [-0.1, -0.05) is 56.0 Å². The maximum Gasteiger partial charge on any atom is 0.411 e. The van der Waals surface area contributed by atoms with Gasteiger partial charge in [0.25, 0.3) is 0 Å². The zero-order chi connectivity index (χ0) is 39.0. The molecule has 1 aliphatic rings. The van der Waals surface area contributed by atoms with Crippen LogP contribution in [-0.2, 0) is 38.8 Å². The SMILES string of the molecule is CN(CCCc1c2c(-c3cccc(N[C@H]4C[C@@H](C(=O)O)N(C(=O)OC(C)(C)C)C4)n3)ccnc2nn1COCC[Si](C)(C)C)C(=O)OCc1ccccc1. The Kier molecular flexibility index (Phi) is 13.0. The number of carboxylic acid groups (broad SMARTS) is 1. The fourth-order valence-electron chi connectivity index (χ4n) is 6.19. The number of ether oxygens (including phenoxy) is 3. The van der Waals surface area contributed by atoms with Crippen LogP contribution in [0.2, 0.25) is 25.7 Å². The van der Waals surface area contributed by atoms with E-state index in [4.69, 9.17) is 24.3 Å². The van der Waals surface area contributed by atoms with Gasteiger partial charge < -0.3 is 29.5 Å². The molecule has 0 radical (unpaired) electrons. The van der Waals surface area contributed by atoms with Crippen LogP contribution < -0.4 is 5.32 Å². The predicted octanol–water partition coefficient (Wildman–Crippen LogP) is 6.88. The van der Waals surface area contributed by atoms with Crippen LogP contribution in [0.3, 0.4) is 0 Å². The van der Waals surface area contributed by atoms with Gasteiger partial charge in [0.15, 0.2) is 5.65 Å². The lowest BCUT2D eigenvalue weighted by molar-refractivity contribution is -0.142. The van der Waals surface area contributed by atoms with Gasteiger partial charge in [-0.2, -0.15) is 0 Å². The lowest BCUT2D eigenvalue weighted by Crippen LogP contribution is -2.43. The molecule has 5 rings (SSSR count). The van der Waals surface area contributed by atoms with Gasteiger partial charge in [0, 0.05) is 59.0 Å². The zero-order valence-electron chi connectivity index (χ0n) is 32.4. The minimum atomic E-state index is -1.30. The molecule has 0 spiro atoms. The number of aryl methyl sites for hydroxylation is 1. The zero-order valence-corrected chi connectivity index (χ0v) is 33.4. The Balaban J connectivity index is 1.35. The van der Waals surface area contributed by atoms with E-state index >= 15 is 0 Å². The van der Waals surface area contributed by atoms with Gasteiger partial charge in [-0.25, -0.2) is 29.0 Å². The summed E-state index contributed by atoms with van der Waals surface area (Å²) in [4.78, 5) is 50.1. The summed E-state index contributed by atoms with van der Waals surface area (Å²) in [7, 11) is 0.430. The van der Waals surface area contributed by atoms with E-state index in [1.165, 1.54) is 4.90 Å². The maximum atomic E-state index is 12.9. The summed E-state index contributed by atoms with van der Waals surface area (Å²) in [6.45, 7) is 13.9. The van der Waals surface area contributed by atoms with Crippen LogP contribution in [0.4, 0.5) is 15.4 Å². The van der Waals surface area contributed by atoms with Crippen molar-refractivity contribution in [2.75, 3.05) is 32.1 Å². The number of carbonyl (C=O) groups is 3. The van der Waals surface area contributed by atoms with Gasteiger partial charge in [-0.05, 0) is 63.4 Å². The van der Waals surface area contributed by atoms with Crippen molar-refractivity contribution in [1.82, 2.24) is 29.5 Å². The van der Waals surface area contributed by atoms with E-state index in [2.05, 4.69) is 29.9 Å². The Morgan fingerprint density at radius 2 is 1.81 bits per heavy atom. The van der Waals surface area contributed by atoms with Crippen LogP contribution in [-0.4, -0.2) is 105 Å². The van der Waals surface area contributed by atoms with Crippen molar-refractivity contribution in [3.05, 3.63) is 72.1 Å². The number of amides is 2. The molecule has 3 aromatic heterocycles. The number of likely N-dealkylation sites (tertiary alicyclic amines) is 1. The summed E-state index contributed by atoms with van der Waals surface area (Å²) < 4.78 is 19.0. The van der Waals surface area contributed by atoms with Crippen molar-refractivity contribution in [3.63, 3.8) is 0 Å². The van der Waals surface area contributed by atoms with Crippen molar-refractivity contribution >= 4 is 43.1 Å². The first-order chi connectivity index (χ1) is 25.6. The van der Waals surface area contributed by atoms with Crippen LogP contribution in [0.5, 0.6) is 0 Å². The molecule has 4 aromatic rings. The average Bonchev–Trinajstić information content (AvgIpc) is 3.70.